The predicted octanol–water partition coefficient (Wildman–Crippen LogP) is 0.236. The van der Waals surface area contributed by atoms with Gasteiger partial charge in [-0.2, -0.15) is 0 Å². The molecular formula is C6H15O2P. The standard InChI is InChI=1S/C5H13P.CH2O2/c1-4-5-6(2)3;2-1-3/h4-5H2,1-3H3;1H,(H,2,3). The van der Waals surface area contributed by atoms with Crippen LogP contribution in [0.25, 0.3) is 0 Å². The Balaban J connectivity index is 0. The first-order chi connectivity index (χ1) is 4.18. The first-order valence-electron chi connectivity index (χ1n) is 3.03. The molecule has 0 saturated heterocycles. The molecule has 0 atom stereocenters. The molecule has 0 aliphatic heterocycles. The molecule has 0 saturated carbocycles. The minimum atomic E-state index is -0.500. The average Bonchev–Trinajstić information content (AvgIpc) is 1.67. The van der Waals surface area contributed by atoms with Crippen LogP contribution in [-0.4, -0.2) is 26.0 Å². The van der Waals surface area contributed by atoms with Crippen LogP contribution in [0.1, 0.15) is 13.3 Å². The zero-order valence-electron chi connectivity index (χ0n) is 6.31. The third-order valence-corrected chi connectivity index (χ3v) is 2.25. The van der Waals surface area contributed by atoms with Crippen LogP contribution in [-0.2, 0) is 4.79 Å². The van der Waals surface area contributed by atoms with E-state index in [0.29, 0.717) is 0 Å². The first kappa shape index (κ1) is 11.7. The van der Waals surface area contributed by atoms with E-state index in [-0.39, 0.29) is 7.92 Å². The molecule has 0 unspecified atom stereocenters. The summed E-state index contributed by atoms with van der Waals surface area (Å²) in [4.78, 5) is 8.25. The van der Waals surface area contributed by atoms with Gasteiger partial charge in [0, 0.05) is 19.8 Å². The predicted molar refractivity (Wildman–Crippen MR) is 41.4 cm³/mol. The molecule has 2 nitrogen and oxygen atoms in total. The highest BCUT2D eigenvalue weighted by molar-refractivity contribution is 7.55. The van der Waals surface area contributed by atoms with Gasteiger partial charge in [0.2, 0.25) is 0 Å². The smallest absolute Gasteiger partial charge is 0.0563 e. The largest absolute Gasteiger partial charge is 0.554 e. The highest BCUT2D eigenvalue weighted by atomic mass is 31.1. The van der Waals surface area contributed by atoms with Gasteiger partial charge in [-0.25, -0.2) is 0 Å². The summed E-state index contributed by atoms with van der Waals surface area (Å²) in [6.07, 6.45) is 2.85. The summed E-state index contributed by atoms with van der Waals surface area (Å²) in [5.41, 5.74) is 0. The second kappa shape index (κ2) is 10.8. The van der Waals surface area contributed by atoms with Gasteiger partial charge in [-0.1, -0.05) is 6.92 Å². The molecule has 0 aliphatic carbocycles. The van der Waals surface area contributed by atoms with Gasteiger partial charge in [-0.3, -0.25) is 0 Å². The topological polar surface area (TPSA) is 40.1 Å². The van der Waals surface area contributed by atoms with E-state index in [2.05, 4.69) is 20.3 Å². The lowest BCUT2D eigenvalue weighted by atomic mass is 10.6. The van der Waals surface area contributed by atoms with Crippen molar-refractivity contribution in [1.82, 2.24) is 0 Å². The second-order valence-corrected chi connectivity index (χ2v) is 4.97. The lowest BCUT2D eigenvalue weighted by molar-refractivity contribution is -0.283. The summed E-state index contributed by atoms with van der Waals surface area (Å²) in [6, 6.07) is 0. The van der Waals surface area contributed by atoms with Crippen molar-refractivity contribution in [1.29, 1.82) is 0 Å². The minimum absolute atomic E-state index is 0.114. The van der Waals surface area contributed by atoms with Crippen molar-refractivity contribution in [3.63, 3.8) is 0 Å². The van der Waals surface area contributed by atoms with E-state index in [0.717, 1.165) is 0 Å². The van der Waals surface area contributed by atoms with Crippen molar-refractivity contribution in [3.8, 4) is 0 Å². The van der Waals surface area contributed by atoms with Gasteiger partial charge in [-0.15, -0.1) is 0 Å². The quantitative estimate of drug-likeness (QED) is 0.417. The van der Waals surface area contributed by atoms with Crippen molar-refractivity contribution >= 4 is 14.4 Å². The third-order valence-electron chi connectivity index (χ3n) is 0.750. The van der Waals surface area contributed by atoms with Crippen molar-refractivity contribution in [2.75, 3.05) is 19.5 Å². The number of carbonyl (C=O) groups is 1. The highest BCUT2D eigenvalue weighted by Gasteiger charge is 1.92. The van der Waals surface area contributed by atoms with Gasteiger partial charge in [0.25, 0.3) is 0 Å². The van der Waals surface area contributed by atoms with E-state index in [1.54, 1.807) is 0 Å². The minimum Gasteiger partial charge on any atom is -0.554 e. The fraction of sp³-hybridized carbons (Fsp3) is 0.833. The van der Waals surface area contributed by atoms with Crippen LogP contribution in [0.15, 0.2) is 0 Å². The Morgan fingerprint density at radius 2 is 1.89 bits per heavy atom. The van der Waals surface area contributed by atoms with Crippen molar-refractivity contribution in [2.24, 2.45) is 0 Å². The monoisotopic (exact) mass is 150 g/mol. The molecule has 0 heterocycles. The summed E-state index contributed by atoms with van der Waals surface area (Å²) in [6.45, 7) is 6.46. The molecule has 0 radical (unpaired) electrons. The summed E-state index contributed by atoms with van der Waals surface area (Å²) in [7, 11) is 0.114. The number of carbonyl (C=O) groups excluding carboxylic acids is 1. The molecule has 0 rings (SSSR count). The molecule has 0 fully saturated rings. The highest BCUT2D eigenvalue weighted by Crippen LogP contribution is 2.23. The molecule has 0 spiro atoms. The second-order valence-electron chi connectivity index (χ2n) is 2.05. The molecule has 0 aliphatic rings. The van der Waals surface area contributed by atoms with Crippen molar-refractivity contribution < 1.29 is 9.90 Å². The van der Waals surface area contributed by atoms with Crippen LogP contribution in [0.5, 0.6) is 0 Å². The Kier molecular flexibility index (Phi) is 14.0. The zero-order chi connectivity index (χ0) is 7.70. The molecule has 56 valence electrons. The average molecular weight is 150 g/mol. The van der Waals surface area contributed by atoms with Crippen LogP contribution in [0.2, 0.25) is 0 Å². The molecule has 0 aromatic carbocycles. The van der Waals surface area contributed by atoms with Gasteiger partial charge in [0.05, 0.1) is 6.16 Å². The lowest BCUT2D eigenvalue weighted by Crippen LogP contribution is -2.01. The van der Waals surface area contributed by atoms with Crippen LogP contribution in [0.4, 0.5) is 0 Å². The van der Waals surface area contributed by atoms with Crippen molar-refractivity contribution in [2.45, 2.75) is 13.3 Å². The molecule has 3 heteroatoms. The van der Waals surface area contributed by atoms with Gasteiger partial charge >= 0.3 is 0 Å². The lowest BCUT2D eigenvalue weighted by Gasteiger charge is -1.89. The van der Waals surface area contributed by atoms with Gasteiger partial charge < -0.3 is 9.90 Å². The maximum atomic E-state index is 8.25. The molecular weight excluding hydrogens is 135 g/mol. The van der Waals surface area contributed by atoms with Gasteiger partial charge in [0.1, 0.15) is 0 Å². The van der Waals surface area contributed by atoms with E-state index in [1.165, 1.54) is 12.6 Å². The van der Waals surface area contributed by atoms with Crippen LogP contribution < -0.4 is 5.11 Å². The normalized spacial score (nSPS) is 8.00. The van der Waals surface area contributed by atoms with Crippen LogP contribution >= 0.6 is 7.92 Å². The summed E-state index contributed by atoms with van der Waals surface area (Å²) < 4.78 is 0. The molecule has 0 N–H and O–H groups in total. The number of rotatable bonds is 2. The number of carboxylic acid groups (broad SMARTS) is 1. The van der Waals surface area contributed by atoms with E-state index in [1.807, 2.05) is 0 Å². The molecule has 0 bridgehead atoms. The molecule has 9 heavy (non-hydrogen) atoms. The van der Waals surface area contributed by atoms with Crippen LogP contribution in [0.3, 0.4) is 0 Å². The Bertz CT molecular complexity index is 55.0. The van der Waals surface area contributed by atoms with E-state index >= 15 is 0 Å². The summed E-state index contributed by atoms with van der Waals surface area (Å²) in [5.74, 6) is 0. The Morgan fingerprint density at radius 1 is 1.56 bits per heavy atom. The Labute approximate surface area is 58.0 Å². The summed E-state index contributed by atoms with van der Waals surface area (Å²) >= 11 is 0. The molecule has 0 amide bonds. The van der Waals surface area contributed by atoms with Gasteiger partial charge in [-0.05, 0) is 14.3 Å². The SMILES string of the molecule is CCC[PH+](C)C.O=C[O-]. The van der Waals surface area contributed by atoms with Crippen molar-refractivity contribution in [3.05, 3.63) is 0 Å². The third kappa shape index (κ3) is 32.7. The van der Waals surface area contributed by atoms with Crippen LogP contribution in [0, 0.1) is 0 Å². The van der Waals surface area contributed by atoms with Gasteiger partial charge in [0.15, 0.2) is 0 Å². The summed E-state index contributed by atoms with van der Waals surface area (Å²) in [5, 5.41) is 8.25. The Morgan fingerprint density at radius 3 is 1.89 bits per heavy atom. The number of hydrogen-bond donors (Lipinski definition) is 0. The fourth-order valence-corrected chi connectivity index (χ4v) is 1.50. The Hall–Kier alpha value is -0.100. The maximum Gasteiger partial charge on any atom is 0.0563 e. The first-order valence-corrected chi connectivity index (χ1v) is 5.74. The van der Waals surface area contributed by atoms with E-state index < -0.39 is 6.47 Å². The zero-order valence-corrected chi connectivity index (χ0v) is 7.31. The maximum absolute atomic E-state index is 8.25. The van der Waals surface area contributed by atoms with E-state index in [9.17, 15) is 0 Å². The fourth-order valence-electron chi connectivity index (χ4n) is 0.500. The number of hydrogen-bond acceptors (Lipinski definition) is 2. The molecule has 0 aromatic rings. The van der Waals surface area contributed by atoms with E-state index in [4.69, 9.17) is 9.90 Å². The molecule has 0 aromatic heterocycles.